The van der Waals surface area contributed by atoms with E-state index in [2.05, 4.69) is 17.4 Å². The van der Waals surface area contributed by atoms with Gasteiger partial charge in [-0.3, -0.25) is 4.79 Å². The standard InChI is InChI=1S/C10H8ClNO2S/c1-14-8(13)4-6-2-3-7(5-12)10(15)9(6)11/h2-3,15H,4H2,1H3. The van der Waals surface area contributed by atoms with Crippen LogP contribution in [-0.2, 0) is 16.0 Å². The van der Waals surface area contributed by atoms with Crippen molar-refractivity contribution in [3.05, 3.63) is 28.3 Å². The van der Waals surface area contributed by atoms with Crippen LogP contribution in [0.5, 0.6) is 0 Å². The van der Waals surface area contributed by atoms with Gasteiger partial charge in [-0.15, -0.1) is 12.6 Å². The minimum Gasteiger partial charge on any atom is -0.469 e. The van der Waals surface area contributed by atoms with E-state index in [1.807, 2.05) is 6.07 Å². The van der Waals surface area contributed by atoms with Crippen LogP contribution in [0.1, 0.15) is 11.1 Å². The minimum atomic E-state index is -0.380. The molecule has 0 aliphatic heterocycles. The van der Waals surface area contributed by atoms with E-state index in [0.717, 1.165) is 0 Å². The van der Waals surface area contributed by atoms with Gasteiger partial charge in [0.2, 0.25) is 0 Å². The Balaban J connectivity index is 3.08. The van der Waals surface area contributed by atoms with Gasteiger partial charge in [-0.05, 0) is 11.6 Å². The van der Waals surface area contributed by atoms with Crippen molar-refractivity contribution in [2.75, 3.05) is 7.11 Å². The number of esters is 1. The molecule has 0 fully saturated rings. The summed E-state index contributed by atoms with van der Waals surface area (Å²) in [6.07, 6.45) is 0.0780. The number of nitriles is 1. The first-order chi connectivity index (χ1) is 7.10. The number of nitrogens with zero attached hydrogens (tertiary/aromatic N) is 1. The molecule has 0 saturated heterocycles. The molecule has 15 heavy (non-hydrogen) atoms. The van der Waals surface area contributed by atoms with E-state index in [1.165, 1.54) is 7.11 Å². The van der Waals surface area contributed by atoms with Crippen molar-refractivity contribution >= 4 is 30.2 Å². The Bertz CT molecular complexity index is 440. The molecule has 0 aromatic heterocycles. The third-order valence-corrected chi connectivity index (χ3v) is 2.91. The minimum absolute atomic E-state index is 0.0780. The summed E-state index contributed by atoms with van der Waals surface area (Å²) in [6.45, 7) is 0. The van der Waals surface area contributed by atoms with E-state index in [1.54, 1.807) is 12.1 Å². The molecule has 78 valence electrons. The Morgan fingerprint density at radius 2 is 2.33 bits per heavy atom. The van der Waals surface area contributed by atoms with E-state index in [0.29, 0.717) is 21.0 Å². The number of carbonyl (C=O) groups excluding carboxylic acids is 1. The summed E-state index contributed by atoms with van der Waals surface area (Å²) >= 11 is 10.0. The summed E-state index contributed by atoms with van der Waals surface area (Å²) in [4.78, 5) is 11.4. The Kier molecular flexibility index (Phi) is 4.01. The lowest BCUT2D eigenvalue weighted by molar-refractivity contribution is -0.139. The molecule has 0 aliphatic rings. The molecule has 1 aromatic rings. The smallest absolute Gasteiger partial charge is 0.310 e. The molecule has 0 radical (unpaired) electrons. The fourth-order valence-corrected chi connectivity index (χ4v) is 1.56. The Morgan fingerprint density at radius 1 is 1.67 bits per heavy atom. The molecule has 1 rings (SSSR count). The second-order valence-electron chi connectivity index (χ2n) is 2.80. The summed E-state index contributed by atoms with van der Waals surface area (Å²) < 4.78 is 4.52. The number of hydrogen-bond donors (Lipinski definition) is 1. The van der Waals surface area contributed by atoms with Crippen LogP contribution >= 0.6 is 24.2 Å². The normalized spacial score (nSPS) is 9.47. The van der Waals surface area contributed by atoms with Crippen LogP contribution in [0.4, 0.5) is 0 Å². The molecule has 0 aliphatic carbocycles. The zero-order chi connectivity index (χ0) is 11.4. The van der Waals surface area contributed by atoms with Crippen LogP contribution in [0.3, 0.4) is 0 Å². The van der Waals surface area contributed by atoms with Gasteiger partial charge >= 0.3 is 5.97 Å². The topological polar surface area (TPSA) is 50.1 Å². The lowest BCUT2D eigenvalue weighted by Crippen LogP contribution is -2.05. The van der Waals surface area contributed by atoms with Gasteiger partial charge in [0, 0.05) is 4.90 Å². The SMILES string of the molecule is COC(=O)Cc1ccc(C#N)c(S)c1Cl. The van der Waals surface area contributed by atoms with Crippen molar-refractivity contribution in [2.24, 2.45) is 0 Å². The molecular weight excluding hydrogens is 234 g/mol. The maximum atomic E-state index is 11.0. The van der Waals surface area contributed by atoms with E-state index >= 15 is 0 Å². The highest BCUT2D eigenvalue weighted by Gasteiger charge is 2.11. The number of hydrogen-bond acceptors (Lipinski definition) is 4. The molecule has 0 amide bonds. The molecule has 0 saturated carbocycles. The van der Waals surface area contributed by atoms with Gasteiger partial charge in [-0.1, -0.05) is 17.7 Å². The largest absolute Gasteiger partial charge is 0.469 e. The second-order valence-corrected chi connectivity index (χ2v) is 3.62. The molecule has 0 spiro atoms. The van der Waals surface area contributed by atoms with Crippen LogP contribution in [0, 0.1) is 11.3 Å². The summed E-state index contributed by atoms with van der Waals surface area (Å²) in [5, 5.41) is 9.03. The van der Waals surface area contributed by atoms with Crippen LogP contribution in [0.2, 0.25) is 5.02 Å². The number of ether oxygens (including phenoxy) is 1. The van der Waals surface area contributed by atoms with Crippen LogP contribution in [0.15, 0.2) is 17.0 Å². The van der Waals surface area contributed by atoms with Crippen LogP contribution in [-0.4, -0.2) is 13.1 Å². The van der Waals surface area contributed by atoms with Crippen LogP contribution in [0.25, 0.3) is 0 Å². The van der Waals surface area contributed by atoms with Gasteiger partial charge in [0.25, 0.3) is 0 Å². The lowest BCUT2D eigenvalue weighted by atomic mass is 10.1. The van der Waals surface area contributed by atoms with E-state index in [-0.39, 0.29) is 12.4 Å². The fourth-order valence-electron chi connectivity index (χ4n) is 1.06. The molecular formula is C10H8ClNO2S. The zero-order valence-corrected chi connectivity index (χ0v) is 9.60. The molecule has 0 N–H and O–H groups in total. The van der Waals surface area contributed by atoms with E-state index < -0.39 is 0 Å². The monoisotopic (exact) mass is 241 g/mol. The number of rotatable bonds is 2. The number of thiol groups is 1. The third kappa shape index (κ3) is 2.65. The van der Waals surface area contributed by atoms with Gasteiger partial charge < -0.3 is 4.74 Å². The molecule has 3 nitrogen and oxygen atoms in total. The number of halogens is 1. The van der Waals surface area contributed by atoms with Crippen molar-refractivity contribution in [1.82, 2.24) is 0 Å². The van der Waals surface area contributed by atoms with E-state index in [4.69, 9.17) is 16.9 Å². The van der Waals surface area contributed by atoms with Crippen molar-refractivity contribution in [2.45, 2.75) is 11.3 Å². The van der Waals surface area contributed by atoms with Gasteiger partial charge in [0.15, 0.2) is 0 Å². The molecule has 1 aromatic carbocycles. The predicted molar refractivity (Wildman–Crippen MR) is 59.1 cm³/mol. The fraction of sp³-hybridized carbons (Fsp3) is 0.200. The quantitative estimate of drug-likeness (QED) is 0.638. The Labute approximate surface area is 98.0 Å². The number of methoxy groups -OCH3 is 1. The van der Waals surface area contributed by atoms with Crippen LogP contribution < -0.4 is 0 Å². The predicted octanol–water partition coefficient (Wildman–Crippen LogP) is 2.22. The number of carbonyl (C=O) groups is 1. The van der Waals surface area contributed by atoms with Gasteiger partial charge in [-0.25, -0.2) is 0 Å². The average Bonchev–Trinajstić information content (AvgIpc) is 2.25. The summed E-state index contributed by atoms with van der Waals surface area (Å²) in [5.74, 6) is -0.380. The van der Waals surface area contributed by atoms with Crippen molar-refractivity contribution in [1.29, 1.82) is 5.26 Å². The zero-order valence-electron chi connectivity index (χ0n) is 7.95. The molecule has 0 unspecified atom stereocenters. The highest BCUT2D eigenvalue weighted by atomic mass is 35.5. The first-order valence-electron chi connectivity index (χ1n) is 4.07. The Hall–Kier alpha value is -1.18. The summed E-state index contributed by atoms with van der Waals surface area (Å²) in [7, 11) is 1.31. The average molecular weight is 242 g/mol. The summed E-state index contributed by atoms with van der Waals surface area (Å²) in [6, 6.07) is 5.15. The number of benzene rings is 1. The first kappa shape index (κ1) is 11.9. The molecule has 0 bridgehead atoms. The highest BCUT2D eigenvalue weighted by Crippen LogP contribution is 2.28. The highest BCUT2D eigenvalue weighted by molar-refractivity contribution is 7.80. The maximum absolute atomic E-state index is 11.0. The summed E-state index contributed by atoms with van der Waals surface area (Å²) in [5.41, 5.74) is 0.990. The van der Waals surface area contributed by atoms with Crippen molar-refractivity contribution in [3.8, 4) is 6.07 Å². The first-order valence-corrected chi connectivity index (χ1v) is 4.90. The second kappa shape index (κ2) is 5.06. The van der Waals surface area contributed by atoms with Crippen molar-refractivity contribution < 1.29 is 9.53 Å². The maximum Gasteiger partial charge on any atom is 0.310 e. The third-order valence-electron chi connectivity index (χ3n) is 1.88. The molecule has 0 heterocycles. The Morgan fingerprint density at radius 3 is 2.87 bits per heavy atom. The van der Waals surface area contributed by atoms with Crippen molar-refractivity contribution in [3.63, 3.8) is 0 Å². The lowest BCUT2D eigenvalue weighted by Gasteiger charge is -2.06. The molecule has 0 atom stereocenters. The van der Waals surface area contributed by atoms with E-state index in [9.17, 15) is 4.79 Å². The van der Waals surface area contributed by atoms with Gasteiger partial charge in [0.1, 0.15) is 6.07 Å². The molecule has 5 heteroatoms. The van der Waals surface area contributed by atoms with Gasteiger partial charge in [0.05, 0.1) is 24.1 Å². The van der Waals surface area contributed by atoms with Gasteiger partial charge in [-0.2, -0.15) is 5.26 Å².